The van der Waals surface area contributed by atoms with E-state index in [1.54, 1.807) is 29.4 Å². The Morgan fingerprint density at radius 2 is 1.81 bits per heavy atom. The van der Waals surface area contributed by atoms with Gasteiger partial charge in [-0.2, -0.15) is 0 Å². The number of imidazole rings is 1. The molecule has 1 aliphatic carbocycles. The molecule has 9 heteroatoms. The topological polar surface area (TPSA) is 92.9 Å². The Hall–Kier alpha value is -3.36. The Balaban J connectivity index is 1.26. The van der Waals surface area contributed by atoms with E-state index in [2.05, 4.69) is 41.9 Å². The largest absolute Gasteiger partial charge is 0.341 e. The molecule has 31 heavy (non-hydrogen) atoms. The second kappa shape index (κ2) is 8.41. The molecule has 1 saturated heterocycles. The van der Waals surface area contributed by atoms with Crippen LogP contribution in [0.25, 0.3) is 5.82 Å². The fraction of sp³-hybridized carbons (Fsp3) is 0.455. The van der Waals surface area contributed by atoms with Crippen LogP contribution in [-0.2, 0) is 6.42 Å². The summed E-state index contributed by atoms with van der Waals surface area (Å²) in [6.07, 6.45) is 13.8. The molecule has 3 aromatic heterocycles. The molecule has 1 saturated carbocycles. The molecule has 0 N–H and O–H groups in total. The summed E-state index contributed by atoms with van der Waals surface area (Å²) in [5.74, 6) is 1.41. The van der Waals surface area contributed by atoms with Crippen LogP contribution in [0.3, 0.4) is 0 Å². The SMILES string of the molecule is CCc1cnc(N2CCC(N(C(=O)c3ccc(-n4ccnc4)nn3)C3CC3)CC2)nc1. The zero-order chi connectivity index (χ0) is 21.2. The predicted octanol–water partition coefficient (Wildman–Crippen LogP) is 2.29. The van der Waals surface area contributed by atoms with E-state index >= 15 is 0 Å². The molecular formula is C22H26N8O. The quantitative estimate of drug-likeness (QED) is 0.606. The van der Waals surface area contributed by atoms with Gasteiger partial charge in [0.15, 0.2) is 11.5 Å². The molecule has 0 bridgehead atoms. The van der Waals surface area contributed by atoms with Gasteiger partial charge < -0.3 is 9.80 Å². The first-order valence-electron chi connectivity index (χ1n) is 10.9. The number of hydrogen-bond donors (Lipinski definition) is 0. The Morgan fingerprint density at radius 1 is 1.06 bits per heavy atom. The number of nitrogens with zero attached hydrogens (tertiary/aromatic N) is 8. The van der Waals surface area contributed by atoms with E-state index in [1.807, 2.05) is 18.5 Å². The van der Waals surface area contributed by atoms with Crippen molar-refractivity contribution in [2.75, 3.05) is 18.0 Å². The third kappa shape index (κ3) is 4.12. The van der Waals surface area contributed by atoms with Crippen LogP contribution in [0.15, 0.2) is 43.2 Å². The maximum absolute atomic E-state index is 13.3. The average molecular weight is 419 g/mol. The van der Waals surface area contributed by atoms with E-state index in [4.69, 9.17) is 0 Å². The summed E-state index contributed by atoms with van der Waals surface area (Å²) in [4.78, 5) is 30.6. The summed E-state index contributed by atoms with van der Waals surface area (Å²) in [6, 6.07) is 4.10. The molecule has 0 spiro atoms. The van der Waals surface area contributed by atoms with Crippen molar-refractivity contribution < 1.29 is 4.79 Å². The molecule has 0 aromatic carbocycles. The second-order valence-corrected chi connectivity index (χ2v) is 8.15. The summed E-state index contributed by atoms with van der Waals surface area (Å²) in [5, 5.41) is 8.44. The van der Waals surface area contributed by atoms with Crippen molar-refractivity contribution in [2.45, 2.75) is 51.1 Å². The number of carbonyl (C=O) groups is 1. The zero-order valence-electron chi connectivity index (χ0n) is 17.6. The molecule has 9 nitrogen and oxygen atoms in total. The number of aryl methyl sites for hydroxylation is 1. The molecule has 0 atom stereocenters. The standard InChI is InChI=1S/C22H26N8O/c1-2-16-13-24-22(25-14-16)28-10-7-18(8-11-28)30(17-3-4-17)21(31)19-5-6-20(27-26-19)29-12-9-23-15-29/h5-6,9,12-15,17-18H,2-4,7-8,10-11H2,1H3. The lowest BCUT2D eigenvalue weighted by Crippen LogP contribution is -2.49. The highest BCUT2D eigenvalue weighted by Crippen LogP contribution is 2.33. The van der Waals surface area contributed by atoms with Crippen molar-refractivity contribution in [1.82, 2.24) is 34.6 Å². The first-order valence-corrected chi connectivity index (χ1v) is 10.9. The van der Waals surface area contributed by atoms with Crippen molar-refractivity contribution in [3.05, 3.63) is 54.5 Å². The van der Waals surface area contributed by atoms with Gasteiger partial charge in [0.1, 0.15) is 6.33 Å². The number of anilines is 1. The lowest BCUT2D eigenvalue weighted by atomic mass is 10.0. The van der Waals surface area contributed by atoms with Gasteiger partial charge in [0.25, 0.3) is 5.91 Å². The number of carbonyl (C=O) groups excluding carboxylic acids is 1. The normalized spacial score (nSPS) is 17.0. The molecule has 4 heterocycles. The van der Waals surface area contributed by atoms with Crippen LogP contribution >= 0.6 is 0 Å². The van der Waals surface area contributed by atoms with Gasteiger partial charge in [0, 0.05) is 50.0 Å². The molecule has 160 valence electrons. The highest BCUT2D eigenvalue weighted by molar-refractivity contribution is 5.93. The predicted molar refractivity (Wildman–Crippen MR) is 115 cm³/mol. The fourth-order valence-corrected chi connectivity index (χ4v) is 4.12. The van der Waals surface area contributed by atoms with Crippen LogP contribution in [-0.4, -0.2) is 65.7 Å². The van der Waals surface area contributed by atoms with Crippen molar-refractivity contribution in [1.29, 1.82) is 0 Å². The number of aromatic nitrogens is 6. The Kier molecular flexibility index (Phi) is 5.31. The van der Waals surface area contributed by atoms with Crippen LogP contribution in [0.4, 0.5) is 5.95 Å². The van der Waals surface area contributed by atoms with Crippen LogP contribution in [0.5, 0.6) is 0 Å². The van der Waals surface area contributed by atoms with Gasteiger partial charge in [0.05, 0.1) is 0 Å². The minimum Gasteiger partial charge on any atom is -0.341 e. The molecule has 2 aliphatic rings. The van der Waals surface area contributed by atoms with Crippen LogP contribution < -0.4 is 4.90 Å². The molecule has 5 rings (SSSR count). The number of rotatable bonds is 6. The van der Waals surface area contributed by atoms with Gasteiger partial charge in [-0.05, 0) is 49.8 Å². The third-order valence-electron chi connectivity index (χ3n) is 6.05. The highest BCUT2D eigenvalue weighted by atomic mass is 16.2. The average Bonchev–Trinajstić information content (AvgIpc) is 3.51. The third-order valence-corrected chi connectivity index (χ3v) is 6.05. The zero-order valence-corrected chi connectivity index (χ0v) is 17.6. The van der Waals surface area contributed by atoms with E-state index in [0.29, 0.717) is 17.6 Å². The minimum atomic E-state index is -0.0193. The summed E-state index contributed by atoms with van der Waals surface area (Å²) in [6.45, 7) is 3.79. The van der Waals surface area contributed by atoms with Gasteiger partial charge in [-0.1, -0.05) is 6.92 Å². The molecule has 3 aromatic rings. The maximum Gasteiger partial charge on any atom is 0.274 e. The summed E-state index contributed by atoms with van der Waals surface area (Å²) in [7, 11) is 0. The van der Waals surface area contributed by atoms with E-state index in [-0.39, 0.29) is 11.9 Å². The lowest BCUT2D eigenvalue weighted by molar-refractivity contribution is 0.0623. The van der Waals surface area contributed by atoms with Gasteiger partial charge in [-0.15, -0.1) is 10.2 Å². The minimum absolute atomic E-state index is 0.0193. The van der Waals surface area contributed by atoms with E-state index < -0.39 is 0 Å². The van der Waals surface area contributed by atoms with Crippen molar-refractivity contribution in [2.24, 2.45) is 0 Å². The number of amides is 1. The van der Waals surface area contributed by atoms with Crippen LogP contribution in [0.2, 0.25) is 0 Å². The Bertz CT molecular complexity index is 1010. The van der Waals surface area contributed by atoms with Gasteiger partial charge in [-0.3, -0.25) is 9.36 Å². The summed E-state index contributed by atoms with van der Waals surface area (Å²) >= 11 is 0. The second-order valence-electron chi connectivity index (χ2n) is 8.15. The smallest absolute Gasteiger partial charge is 0.274 e. The maximum atomic E-state index is 13.3. The Labute approximate surface area is 181 Å². The number of piperidine rings is 1. The highest BCUT2D eigenvalue weighted by Gasteiger charge is 2.39. The molecule has 2 fully saturated rings. The molecule has 0 unspecified atom stereocenters. The van der Waals surface area contributed by atoms with Crippen molar-refractivity contribution >= 4 is 11.9 Å². The van der Waals surface area contributed by atoms with E-state index in [9.17, 15) is 4.79 Å². The van der Waals surface area contributed by atoms with Crippen LogP contribution in [0, 0.1) is 0 Å². The summed E-state index contributed by atoms with van der Waals surface area (Å²) < 4.78 is 1.77. The Morgan fingerprint density at radius 3 is 2.39 bits per heavy atom. The van der Waals surface area contributed by atoms with Gasteiger partial charge in [0.2, 0.25) is 5.95 Å². The molecular weight excluding hydrogens is 392 g/mol. The van der Waals surface area contributed by atoms with E-state index in [1.165, 1.54) is 0 Å². The number of hydrogen-bond acceptors (Lipinski definition) is 7. The molecule has 0 radical (unpaired) electrons. The molecule has 1 aliphatic heterocycles. The molecule has 1 amide bonds. The fourth-order valence-electron chi connectivity index (χ4n) is 4.12. The van der Waals surface area contributed by atoms with Gasteiger partial charge in [-0.25, -0.2) is 15.0 Å². The first kappa shape index (κ1) is 19.6. The summed E-state index contributed by atoms with van der Waals surface area (Å²) in [5.41, 5.74) is 1.54. The first-order chi connectivity index (χ1) is 15.2. The van der Waals surface area contributed by atoms with Crippen LogP contribution in [0.1, 0.15) is 48.7 Å². The van der Waals surface area contributed by atoms with Crippen molar-refractivity contribution in [3.63, 3.8) is 0 Å². The lowest BCUT2D eigenvalue weighted by Gasteiger charge is -2.38. The van der Waals surface area contributed by atoms with E-state index in [0.717, 1.165) is 56.7 Å². The van der Waals surface area contributed by atoms with Crippen molar-refractivity contribution in [3.8, 4) is 5.82 Å². The monoisotopic (exact) mass is 418 g/mol. The van der Waals surface area contributed by atoms with Gasteiger partial charge >= 0.3 is 0 Å².